The average molecular weight is 2220 g/mol. The molecule has 1 aliphatic rings. The molecule has 6 aromatic carbocycles. The second-order valence-corrected chi connectivity index (χ2v) is 33.1. The minimum atomic E-state index is -6.33. The molecule has 0 unspecified atom stereocenters. The van der Waals surface area contributed by atoms with Crippen molar-refractivity contribution in [2.75, 3.05) is 0 Å². The van der Waals surface area contributed by atoms with E-state index in [4.69, 9.17) is 28.4 Å². The Labute approximate surface area is 1010 Å². The van der Waals surface area contributed by atoms with E-state index in [0.717, 1.165) is 0 Å². The van der Waals surface area contributed by atoms with Crippen LogP contribution in [0.25, 0.3) is 0 Å². The smallest absolute Gasteiger partial charge is 0.716 e. The van der Waals surface area contributed by atoms with Crippen molar-refractivity contribution in [2.45, 2.75) is 36.6 Å². The van der Waals surface area contributed by atoms with Crippen LogP contribution in [-0.4, -0.2) is 228 Å². The molecule has 0 aromatic heterocycles. The first-order valence-electron chi connectivity index (χ1n) is 28.2. The van der Waals surface area contributed by atoms with E-state index in [-0.39, 0.29) is 464 Å². The van der Waals surface area contributed by atoms with Gasteiger partial charge in [-0.3, -0.25) is 0 Å². The number of rotatable bonds is 36. The fourth-order valence-electron chi connectivity index (χ4n) is 9.21. The molecule has 60 nitrogen and oxygen atoms in total. The SMILES string of the molecule is O=C(OC1C(OC(=O)c2cc(OS(=O)(=O)[O-])cc(OS(=O)(=O)[O-])c2)C(OC(=O)c2cc(OS(=O)(=O)[O-])cc(OS(=O)(=O)[O-])c2)C(OC(=O)c2cc(OS(=O)(=O)[O-])cc(OS(=O)(=O)[O-])c2)C(OC(=O)c2cc(OS(=O)(=O)[O-])cc(OS(=O)(=O)[O-])c2)C1OC(=O)c1cc(OS(=O)(=O)[O-])cc(OS(=O)(=O)[O-])c1)c1cc(OS(=O)(=O)[O-])cc(OS(=O)(=O)[O-])c1.[Na+].[Na+].[Na+].[Na+].[Na+].[Na+].[Na+].[Na+].[Na+].[Na+].[Na+].[Na+]. The predicted molar refractivity (Wildman–Crippen MR) is 338 cm³/mol. The molecule has 0 saturated heterocycles. The Hall–Kier alpha value is 0.660. The molecule has 0 N–H and O–H groups in total. The maximum absolute atomic E-state index is 15.2. The Morgan fingerprint density at radius 1 is 0.152 bits per heavy atom. The van der Waals surface area contributed by atoms with E-state index in [1.165, 1.54) is 0 Å². The van der Waals surface area contributed by atoms with Gasteiger partial charge >= 0.3 is 391 Å². The molecule has 0 atom stereocenters. The minimum absolute atomic E-state index is 0. The third-order valence-electron chi connectivity index (χ3n) is 12.5. The van der Waals surface area contributed by atoms with Crippen molar-refractivity contribution in [3.8, 4) is 69.0 Å². The van der Waals surface area contributed by atoms with E-state index in [1.807, 2.05) is 0 Å². The van der Waals surface area contributed by atoms with Crippen LogP contribution in [0.15, 0.2) is 109 Å². The molecule has 660 valence electrons. The third-order valence-corrected chi connectivity index (χ3v) is 17.2. The number of hydrogen-bond donors (Lipinski definition) is 0. The van der Waals surface area contributed by atoms with Crippen molar-refractivity contribution in [3.63, 3.8) is 0 Å². The molecule has 0 spiro atoms. The molecule has 132 heavy (non-hydrogen) atoms. The fraction of sp³-hybridized carbons (Fsp3) is 0.125. The van der Waals surface area contributed by atoms with E-state index in [9.17, 15) is 156 Å². The van der Waals surface area contributed by atoms with Gasteiger partial charge in [-0.2, -0.15) is 0 Å². The standard InChI is InChI=1S/C48H36O60S12.12Na/c49-43(19-1-25(97-109(55,56)57)13-26(2-19)98-110(58,59)60)91-37-38(92-44(50)20-3-27(99-111(61,62)63)14-28(4-20)100-112(64,65)66)40(94-46(52)22-7-31(103-115(73,74)75)16-32(8-22)104-116(76,77)78)42(96-48(54)24-11-35(107-119(85,86)87)18-36(12-24)108-120(88,89)90)41(95-47(53)23-9-33(105-117(79,80)81)17-34(10-23)106-118(82,83)84)39(37)93-45(51)21-5-29(101-113(67,68)69)15-30(6-21)102-114(70,71)72;;;;;;;;;;;;/h1-18,37-42H,(H,55,56,57)(H,58,59,60)(H,61,62,63)(H,64,65,66)(H,67,68,69)(H,70,71,72)(H,73,74,75)(H,76,77,78)(H,79,80,81)(H,82,83,84)(H,85,86,87)(H,88,89,90);;;;;;;;;;;;/q;12*+1/p-12. The molecule has 0 bridgehead atoms. The van der Waals surface area contributed by atoms with Gasteiger partial charge in [0.2, 0.25) is 0 Å². The molecule has 6 aromatic rings. The Balaban J connectivity index is -0.00000331. The van der Waals surface area contributed by atoms with E-state index in [1.54, 1.807) is 0 Å². The summed E-state index contributed by atoms with van der Waals surface area (Å²) in [4.78, 5) is 91.1. The Morgan fingerprint density at radius 3 is 0.280 bits per heavy atom. The van der Waals surface area contributed by atoms with Crippen molar-refractivity contribution in [1.82, 2.24) is 0 Å². The second kappa shape index (κ2) is 57.0. The van der Waals surface area contributed by atoms with Crippen LogP contribution >= 0.6 is 0 Å². The van der Waals surface area contributed by atoms with E-state index in [2.05, 4.69) is 50.2 Å². The molecule has 1 saturated carbocycles. The van der Waals surface area contributed by atoms with Gasteiger partial charge in [-0.25, -0.2) is 130 Å². The number of carbonyl (C=O) groups is 6. The van der Waals surface area contributed by atoms with Gasteiger partial charge in [-0.1, -0.05) is 0 Å². The second-order valence-electron chi connectivity index (χ2n) is 21.3. The summed E-state index contributed by atoms with van der Waals surface area (Å²) >= 11 is 0. The number of esters is 6. The van der Waals surface area contributed by atoms with Crippen LogP contribution in [0, 0.1) is 0 Å². The van der Waals surface area contributed by atoms with Gasteiger partial charge in [0.05, 0.1) is 33.4 Å². The summed E-state index contributed by atoms with van der Waals surface area (Å²) in [5.41, 5.74) is -11.0. The van der Waals surface area contributed by atoms with Crippen LogP contribution in [0.3, 0.4) is 0 Å². The van der Waals surface area contributed by atoms with Crippen LogP contribution < -0.4 is 405 Å². The Morgan fingerprint density at radius 2 is 0.220 bits per heavy atom. The van der Waals surface area contributed by atoms with Crippen LogP contribution in [0.5, 0.6) is 69.0 Å². The molecule has 0 aliphatic heterocycles. The first-order valence-corrected chi connectivity index (χ1v) is 44.2. The van der Waals surface area contributed by atoms with Gasteiger partial charge in [-0.05, 0) is 72.8 Å². The zero-order chi connectivity index (χ0) is 90.8. The predicted octanol–water partition coefficient (Wildman–Crippen LogP) is -42.5. The van der Waals surface area contributed by atoms with E-state index in [0.29, 0.717) is 0 Å². The molecule has 7 rings (SSSR count). The van der Waals surface area contributed by atoms with E-state index < -0.39 is 300 Å². The number of hydrogen-bond acceptors (Lipinski definition) is 60. The number of benzene rings is 6. The summed E-state index contributed by atoms with van der Waals surface area (Å²) in [6.45, 7) is 0. The first kappa shape index (κ1) is 143. The van der Waals surface area contributed by atoms with Crippen molar-refractivity contribution < 1.29 is 618 Å². The van der Waals surface area contributed by atoms with Gasteiger partial charge in [0.1, 0.15) is 69.0 Å². The largest absolute Gasteiger partial charge is 1.00 e. The molecule has 1 fully saturated rings. The van der Waals surface area contributed by atoms with Gasteiger partial charge in [0, 0.05) is 36.4 Å². The zero-order valence-corrected chi connectivity index (χ0v) is 101. The van der Waals surface area contributed by atoms with Gasteiger partial charge in [0.15, 0.2) is 36.6 Å². The van der Waals surface area contributed by atoms with Gasteiger partial charge in [-0.15, -0.1) is 0 Å². The number of carbonyl (C=O) groups excluding carboxylic acids is 6. The quantitative estimate of drug-likeness (QED) is 0.0116. The average Bonchev–Trinajstić information content (AvgIpc) is 0.743. The first-order chi connectivity index (χ1) is 54.2. The number of ether oxygens (including phenoxy) is 6. The Bertz CT molecular complexity index is 5340. The van der Waals surface area contributed by atoms with Crippen molar-refractivity contribution in [2.24, 2.45) is 0 Å². The van der Waals surface area contributed by atoms with Crippen molar-refractivity contribution in [1.29, 1.82) is 0 Å². The van der Waals surface area contributed by atoms with Crippen LogP contribution in [0.2, 0.25) is 0 Å². The maximum atomic E-state index is 15.2. The Kier molecular flexibility index (Phi) is 61.8. The summed E-state index contributed by atoms with van der Waals surface area (Å²) in [5.74, 6) is -37.7. The minimum Gasteiger partial charge on any atom is -0.716 e. The maximum Gasteiger partial charge on any atom is 1.00 e. The summed E-state index contributed by atoms with van der Waals surface area (Å²) in [5, 5.41) is 0. The topological polar surface area (TPSA) is 955 Å². The summed E-state index contributed by atoms with van der Waals surface area (Å²) in [6.07, 6.45) is -24.1. The fourth-order valence-corrected chi connectivity index (χ4v) is 13.2. The monoisotopic (exact) mass is 2220 g/mol. The molecule has 1 aliphatic carbocycles. The molecular weight excluding hydrogens is 2200 g/mol. The molecule has 0 heterocycles. The normalized spacial score (nSPS) is 15.5. The third kappa shape index (κ3) is 52.4. The zero-order valence-electron chi connectivity index (χ0n) is 67.3. The van der Waals surface area contributed by atoms with Crippen molar-refractivity contribution >= 4 is 161 Å². The summed E-state index contributed by atoms with van der Waals surface area (Å²) in [6, 6.07) is -2.60. The molecule has 0 amide bonds. The molecular formula is C48H24Na12O60S12. The summed E-state index contributed by atoms with van der Waals surface area (Å²) in [7, 11) is -76.0. The van der Waals surface area contributed by atoms with Crippen molar-refractivity contribution in [3.05, 3.63) is 143 Å². The van der Waals surface area contributed by atoms with Gasteiger partial charge in [0.25, 0.3) is 125 Å². The molecule has 84 heteroatoms. The van der Waals surface area contributed by atoms with Crippen LogP contribution in [0.4, 0.5) is 0 Å². The van der Waals surface area contributed by atoms with Crippen LogP contribution in [-0.2, 0) is 153 Å². The van der Waals surface area contributed by atoms with Crippen LogP contribution in [0.1, 0.15) is 62.1 Å². The molecule has 0 radical (unpaired) electrons. The van der Waals surface area contributed by atoms with Gasteiger partial charge < -0.3 is 133 Å². The van der Waals surface area contributed by atoms with E-state index >= 15 is 28.8 Å². The summed E-state index contributed by atoms with van der Waals surface area (Å²) < 4.78 is 512.